The van der Waals surface area contributed by atoms with Crippen LogP contribution in [-0.2, 0) is 0 Å². The Morgan fingerprint density at radius 2 is 2.47 bits per heavy atom. The minimum atomic E-state index is -1.25. The Bertz CT molecular complexity index is 437. The van der Waals surface area contributed by atoms with Gasteiger partial charge in [0.25, 0.3) is 0 Å². The molecule has 1 aliphatic heterocycles. The van der Waals surface area contributed by atoms with Gasteiger partial charge in [-0.3, -0.25) is 0 Å². The van der Waals surface area contributed by atoms with Gasteiger partial charge >= 0.3 is 5.97 Å². The van der Waals surface area contributed by atoms with Crippen LogP contribution in [0.5, 0.6) is 0 Å². The summed E-state index contributed by atoms with van der Waals surface area (Å²) < 4.78 is 13.9. The van der Waals surface area contributed by atoms with E-state index in [1.54, 1.807) is 0 Å². The molecule has 1 aliphatic rings. The summed E-state index contributed by atoms with van der Waals surface area (Å²) in [5, 5.41) is 8.84. The highest BCUT2D eigenvalue weighted by molar-refractivity contribution is 5.88. The number of pyridine rings is 1. The van der Waals surface area contributed by atoms with Crippen LogP contribution in [0.2, 0.25) is 0 Å². The normalized spacial score (nSPS) is 19.6. The van der Waals surface area contributed by atoms with E-state index in [9.17, 15) is 9.18 Å². The van der Waals surface area contributed by atoms with Crippen LogP contribution in [0.1, 0.15) is 30.1 Å². The number of aromatic carboxylic acids is 1. The number of carbonyl (C=O) groups is 1. The summed E-state index contributed by atoms with van der Waals surface area (Å²) in [4.78, 5) is 16.6. The zero-order valence-electron chi connectivity index (χ0n) is 9.69. The molecule has 2 heterocycles. The molecule has 1 saturated heterocycles. The fourth-order valence-electron chi connectivity index (χ4n) is 2.18. The Labute approximate surface area is 99.1 Å². The average molecular weight is 238 g/mol. The maximum absolute atomic E-state index is 13.9. The second-order valence-corrected chi connectivity index (χ2v) is 4.31. The van der Waals surface area contributed by atoms with Crippen LogP contribution in [0.15, 0.2) is 12.3 Å². The number of hydrogen-bond donors (Lipinski definition) is 1. The zero-order chi connectivity index (χ0) is 12.4. The van der Waals surface area contributed by atoms with Gasteiger partial charge in [0.15, 0.2) is 11.6 Å². The van der Waals surface area contributed by atoms with E-state index in [0.717, 1.165) is 25.9 Å². The van der Waals surface area contributed by atoms with Crippen molar-refractivity contribution in [3.8, 4) is 0 Å². The molecule has 0 aromatic carbocycles. The number of halogens is 1. The van der Waals surface area contributed by atoms with Crippen molar-refractivity contribution in [1.29, 1.82) is 0 Å². The van der Waals surface area contributed by atoms with Gasteiger partial charge in [0.1, 0.15) is 5.56 Å². The molecular formula is C12H15FN2O2. The van der Waals surface area contributed by atoms with Crippen LogP contribution in [0, 0.1) is 11.7 Å². The average Bonchev–Trinajstić information content (AvgIpc) is 2.77. The summed E-state index contributed by atoms with van der Waals surface area (Å²) >= 11 is 0. The molecule has 1 aromatic rings. The van der Waals surface area contributed by atoms with Gasteiger partial charge < -0.3 is 10.0 Å². The van der Waals surface area contributed by atoms with Crippen LogP contribution in [-0.4, -0.2) is 29.1 Å². The van der Waals surface area contributed by atoms with Crippen LogP contribution in [0.3, 0.4) is 0 Å². The van der Waals surface area contributed by atoms with E-state index in [4.69, 9.17) is 5.11 Å². The molecule has 17 heavy (non-hydrogen) atoms. The molecule has 0 saturated carbocycles. The van der Waals surface area contributed by atoms with Gasteiger partial charge in [-0.2, -0.15) is 0 Å². The molecule has 4 nitrogen and oxygen atoms in total. The predicted molar refractivity (Wildman–Crippen MR) is 61.8 cm³/mol. The van der Waals surface area contributed by atoms with Gasteiger partial charge in [0, 0.05) is 19.3 Å². The van der Waals surface area contributed by atoms with E-state index >= 15 is 0 Å². The van der Waals surface area contributed by atoms with Gasteiger partial charge in [-0.05, 0) is 18.4 Å². The maximum atomic E-state index is 13.9. The molecule has 0 amide bonds. The second kappa shape index (κ2) is 4.69. The molecule has 1 atom stereocenters. The Kier molecular flexibility index (Phi) is 3.26. The molecule has 1 aromatic heterocycles. The lowest BCUT2D eigenvalue weighted by Crippen LogP contribution is -2.23. The van der Waals surface area contributed by atoms with Crippen LogP contribution >= 0.6 is 0 Å². The first-order valence-corrected chi connectivity index (χ1v) is 5.76. The van der Waals surface area contributed by atoms with E-state index in [-0.39, 0.29) is 11.4 Å². The minimum absolute atomic E-state index is 0.167. The fraction of sp³-hybridized carbons (Fsp3) is 0.500. The predicted octanol–water partition coefficient (Wildman–Crippen LogP) is 2.16. The molecule has 1 fully saturated rings. The first-order valence-electron chi connectivity index (χ1n) is 5.76. The summed E-state index contributed by atoms with van der Waals surface area (Å²) in [7, 11) is 0. The highest BCUT2D eigenvalue weighted by atomic mass is 19.1. The van der Waals surface area contributed by atoms with Crippen molar-refractivity contribution >= 4 is 11.8 Å². The number of anilines is 1. The van der Waals surface area contributed by atoms with Gasteiger partial charge in [-0.25, -0.2) is 14.2 Å². The van der Waals surface area contributed by atoms with Crippen molar-refractivity contribution in [3.63, 3.8) is 0 Å². The Balaban J connectivity index is 2.28. The highest BCUT2D eigenvalue weighted by Gasteiger charge is 2.26. The first kappa shape index (κ1) is 11.8. The quantitative estimate of drug-likeness (QED) is 0.876. The van der Waals surface area contributed by atoms with E-state index in [1.165, 1.54) is 12.3 Å². The first-order chi connectivity index (χ1) is 8.13. The second-order valence-electron chi connectivity index (χ2n) is 4.31. The fourth-order valence-corrected chi connectivity index (χ4v) is 2.18. The van der Waals surface area contributed by atoms with Gasteiger partial charge in [0.05, 0.1) is 0 Å². The van der Waals surface area contributed by atoms with Crippen LogP contribution < -0.4 is 4.90 Å². The third-order valence-corrected chi connectivity index (χ3v) is 3.26. The molecule has 1 unspecified atom stereocenters. The van der Waals surface area contributed by atoms with Crippen LogP contribution in [0.25, 0.3) is 0 Å². The van der Waals surface area contributed by atoms with E-state index in [0.29, 0.717) is 5.92 Å². The summed E-state index contributed by atoms with van der Waals surface area (Å²) in [5.41, 5.74) is -0.310. The zero-order valence-corrected chi connectivity index (χ0v) is 9.69. The van der Waals surface area contributed by atoms with Crippen molar-refractivity contribution in [2.45, 2.75) is 19.8 Å². The van der Waals surface area contributed by atoms with Crippen molar-refractivity contribution in [2.75, 3.05) is 18.0 Å². The number of rotatable bonds is 3. The lowest BCUT2D eigenvalue weighted by atomic mass is 10.1. The van der Waals surface area contributed by atoms with Gasteiger partial charge in [-0.15, -0.1) is 0 Å². The smallest absolute Gasteiger partial charge is 0.338 e. The molecule has 92 valence electrons. The van der Waals surface area contributed by atoms with Crippen molar-refractivity contribution in [3.05, 3.63) is 23.6 Å². The Hall–Kier alpha value is -1.65. The highest BCUT2D eigenvalue weighted by Crippen LogP contribution is 2.27. The number of nitrogens with zero attached hydrogens (tertiary/aromatic N) is 2. The summed E-state index contributed by atoms with van der Waals surface area (Å²) in [6.07, 6.45) is 3.41. The lowest BCUT2D eigenvalue weighted by Gasteiger charge is -2.18. The van der Waals surface area contributed by atoms with Crippen molar-refractivity contribution in [2.24, 2.45) is 5.92 Å². The molecule has 0 bridgehead atoms. The third-order valence-electron chi connectivity index (χ3n) is 3.26. The maximum Gasteiger partial charge on any atom is 0.338 e. The molecule has 0 radical (unpaired) electrons. The number of carboxylic acid groups (broad SMARTS) is 1. The van der Waals surface area contributed by atoms with Crippen molar-refractivity contribution in [1.82, 2.24) is 4.98 Å². The van der Waals surface area contributed by atoms with Crippen molar-refractivity contribution < 1.29 is 14.3 Å². The minimum Gasteiger partial charge on any atom is -0.478 e. The topological polar surface area (TPSA) is 53.4 Å². The Morgan fingerprint density at radius 3 is 3.06 bits per heavy atom. The summed E-state index contributed by atoms with van der Waals surface area (Å²) in [6, 6.07) is 1.19. The standard InChI is InChI=1S/C12H15FN2O2/c1-2-8-4-6-15(7-8)11-10(13)9(12(16)17)3-5-14-11/h3,5,8H,2,4,6-7H2,1H3,(H,16,17). The van der Waals surface area contributed by atoms with Crippen LogP contribution in [0.4, 0.5) is 10.2 Å². The SMILES string of the molecule is CCC1CCN(c2nccc(C(=O)O)c2F)C1. The molecule has 2 rings (SSSR count). The number of aromatic nitrogens is 1. The van der Waals surface area contributed by atoms with E-state index < -0.39 is 11.8 Å². The largest absolute Gasteiger partial charge is 0.478 e. The number of hydrogen-bond acceptors (Lipinski definition) is 3. The summed E-state index contributed by atoms with van der Waals surface area (Å²) in [6.45, 7) is 3.60. The van der Waals surface area contributed by atoms with Gasteiger partial charge in [-0.1, -0.05) is 13.3 Å². The molecular weight excluding hydrogens is 223 g/mol. The van der Waals surface area contributed by atoms with E-state index in [1.807, 2.05) is 4.90 Å². The Morgan fingerprint density at radius 1 is 1.71 bits per heavy atom. The number of carboxylic acids is 1. The van der Waals surface area contributed by atoms with E-state index in [2.05, 4.69) is 11.9 Å². The van der Waals surface area contributed by atoms with Gasteiger partial charge in [0.2, 0.25) is 0 Å². The lowest BCUT2D eigenvalue weighted by molar-refractivity contribution is 0.0692. The summed E-state index contributed by atoms with van der Waals surface area (Å²) in [5.74, 6) is -1.26. The molecule has 1 N–H and O–H groups in total. The molecule has 0 aliphatic carbocycles. The molecule has 0 spiro atoms. The molecule has 5 heteroatoms. The monoisotopic (exact) mass is 238 g/mol. The third kappa shape index (κ3) is 2.23.